The van der Waals surface area contributed by atoms with Gasteiger partial charge in [-0.25, -0.2) is 4.52 Å². The molecule has 1 aromatic carbocycles. The van der Waals surface area contributed by atoms with Gasteiger partial charge in [-0.05, 0) is 34.7 Å². The van der Waals surface area contributed by atoms with E-state index in [9.17, 15) is 13.2 Å². The maximum Gasteiger partial charge on any atom is 0.417 e. The maximum atomic E-state index is 13.0. The minimum atomic E-state index is -4.39. The largest absolute Gasteiger partial charge is 0.417 e. The SMILES string of the molecule is FC(F)(F)c1ccc2c(-c3ccc4cncc(CN5CCNCC5)c4c3)cnn2c1. The molecule has 1 fully saturated rings. The molecule has 4 aromatic rings. The molecule has 0 saturated carbocycles. The topological polar surface area (TPSA) is 45.5 Å². The third kappa shape index (κ3) is 3.53. The zero-order chi connectivity index (χ0) is 20.7. The molecule has 1 aliphatic heterocycles. The number of benzene rings is 1. The lowest BCUT2D eigenvalue weighted by molar-refractivity contribution is -0.137. The number of piperazine rings is 1. The van der Waals surface area contributed by atoms with Gasteiger partial charge in [-0.1, -0.05) is 12.1 Å². The van der Waals surface area contributed by atoms with Crippen LogP contribution in [-0.2, 0) is 12.7 Å². The van der Waals surface area contributed by atoms with Crippen LogP contribution in [0.4, 0.5) is 13.2 Å². The van der Waals surface area contributed by atoms with Crippen LogP contribution in [-0.4, -0.2) is 45.7 Å². The second-order valence-corrected chi connectivity index (χ2v) is 7.56. The van der Waals surface area contributed by atoms with E-state index in [0.717, 1.165) is 72.4 Å². The number of fused-ring (bicyclic) bond motifs is 2. The molecular weight excluding hydrogens is 391 g/mol. The Morgan fingerprint density at radius 3 is 2.63 bits per heavy atom. The highest BCUT2D eigenvalue weighted by molar-refractivity contribution is 5.91. The molecule has 0 unspecified atom stereocenters. The third-order valence-electron chi connectivity index (χ3n) is 5.60. The lowest BCUT2D eigenvalue weighted by Gasteiger charge is -2.27. The zero-order valence-corrected chi connectivity index (χ0v) is 16.2. The van der Waals surface area contributed by atoms with Gasteiger partial charge >= 0.3 is 6.18 Å². The summed E-state index contributed by atoms with van der Waals surface area (Å²) < 4.78 is 40.3. The molecule has 4 heterocycles. The van der Waals surface area contributed by atoms with Gasteiger partial charge in [0.05, 0.1) is 17.3 Å². The van der Waals surface area contributed by atoms with Crippen LogP contribution in [0.25, 0.3) is 27.4 Å². The molecule has 0 radical (unpaired) electrons. The van der Waals surface area contributed by atoms with Gasteiger partial charge in [0.2, 0.25) is 0 Å². The molecule has 5 nitrogen and oxygen atoms in total. The van der Waals surface area contributed by atoms with Crippen LogP contribution in [0.3, 0.4) is 0 Å². The van der Waals surface area contributed by atoms with E-state index in [1.807, 2.05) is 24.5 Å². The highest BCUT2D eigenvalue weighted by atomic mass is 19.4. The fourth-order valence-electron chi connectivity index (χ4n) is 4.00. The lowest BCUT2D eigenvalue weighted by Crippen LogP contribution is -2.42. The number of hydrogen-bond donors (Lipinski definition) is 1. The Bertz CT molecular complexity index is 1210. The van der Waals surface area contributed by atoms with Crippen LogP contribution in [0, 0.1) is 0 Å². The van der Waals surface area contributed by atoms with E-state index in [4.69, 9.17) is 0 Å². The molecule has 0 atom stereocenters. The number of alkyl halides is 3. The second-order valence-electron chi connectivity index (χ2n) is 7.56. The molecular formula is C22H20F3N5. The van der Waals surface area contributed by atoms with Gasteiger partial charge in [0.1, 0.15) is 0 Å². The summed E-state index contributed by atoms with van der Waals surface area (Å²) in [7, 11) is 0. The van der Waals surface area contributed by atoms with Crippen molar-refractivity contribution in [2.24, 2.45) is 0 Å². The number of halogens is 3. The van der Waals surface area contributed by atoms with Crippen molar-refractivity contribution in [2.75, 3.05) is 26.2 Å². The van der Waals surface area contributed by atoms with Crippen LogP contribution >= 0.6 is 0 Å². The summed E-state index contributed by atoms with van der Waals surface area (Å²) in [5, 5.41) is 9.66. The Hall–Kier alpha value is -2.97. The number of nitrogens with one attached hydrogen (secondary N) is 1. The summed E-state index contributed by atoms with van der Waals surface area (Å²) in [6.45, 7) is 4.76. The van der Waals surface area contributed by atoms with E-state index in [0.29, 0.717) is 5.52 Å². The second kappa shape index (κ2) is 7.37. The van der Waals surface area contributed by atoms with Crippen molar-refractivity contribution in [2.45, 2.75) is 12.7 Å². The first kappa shape index (κ1) is 19.0. The molecule has 1 aliphatic rings. The monoisotopic (exact) mass is 411 g/mol. The summed E-state index contributed by atoms with van der Waals surface area (Å²) in [4.78, 5) is 6.78. The highest BCUT2D eigenvalue weighted by Crippen LogP contribution is 2.33. The number of rotatable bonds is 3. The maximum absolute atomic E-state index is 13.0. The van der Waals surface area contributed by atoms with Gasteiger partial charge in [0, 0.05) is 62.3 Å². The Morgan fingerprint density at radius 2 is 1.83 bits per heavy atom. The molecule has 0 spiro atoms. The van der Waals surface area contributed by atoms with E-state index >= 15 is 0 Å². The van der Waals surface area contributed by atoms with Crippen molar-refractivity contribution in [1.82, 2.24) is 24.8 Å². The van der Waals surface area contributed by atoms with Gasteiger partial charge in [-0.3, -0.25) is 9.88 Å². The minimum absolute atomic E-state index is 0.639. The Balaban J connectivity index is 1.55. The molecule has 3 aromatic heterocycles. The summed E-state index contributed by atoms with van der Waals surface area (Å²) in [5.41, 5.74) is 2.79. The number of hydrogen-bond acceptors (Lipinski definition) is 4. The van der Waals surface area contributed by atoms with E-state index in [1.165, 1.54) is 10.6 Å². The predicted octanol–water partition coefficient (Wildman–Crippen LogP) is 3.97. The average Bonchev–Trinajstić information content (AvgIpc) is 3.17. The van der Waals surface area contributed by atoms with Crippen LogP contribution in [0.5, 0.6) is 0 Å². The Morgan fingerprint density at radius 1 is 1.00 bits per heavy atom. The first-order chi connectivity index (χ1) is 14.5. The van der Waals surface area contributed by atoms with Crippen molar-refractivity contribution in [1.29, 1.82) is 0 Å². The molecule has 0 aliphatic carbocycles. The fraction of sp³-hybridized carbons (Fsp3) is 0.273. The first-order valence-corrected chi connectivity index (χ1v) is 9.84. The van der Waals surface area contributed by atoms with Crippen molar-refractivity contribution in [3.63, 3.8) is 0 Å². The third-order valence-corrected chi connectivity index (χ3v) is 5.60. The Kier molecular flexibility index (Phi) is 4.67. The molecule has 8 heteroatoms. The summed E-state index contributed by atoms with van der Waals surface area (Å²) in [5.74, 6) is 0. The van der Waals surface area contributed by atoms with Gasteiger partial charge in [-0.15, -0.1) is 0 Å². The smallest absolute Gasteiger partial charge is 0.314 e. The standard InChI is InChI=1S/C22H20F3N5/c23-22(24,25)18-3-4-21-20(12-28-30(21)14-18)15-1-2-16-10-27-11-17(19(16)9-15)13-29-7-5-26-6-8-29/h1-4,9-12,14,26H,5-8,13H2. The Labute approximate surface area is 171 Å². The van der Waals surface area contributed by atoms with Crippen LogP contribution < -0.4 is 5.32 Å². The van der Waals surface area contributed by atoms with Crippen molar-refractivity contribution in [3.8, 4) is 11.1 Å². The summed E-state index contributed by atoms with van der Waals surface area (Å²) in [6, 6.07) is 8.63. The van der Waals surface area contributed by atoms with Gasteiger partial charge in [0.15, 0.2) is 0 Å². The quantitative estimate of drug-likeness (QED) is 0.554. The van der Waals surface area contributed by atoms with E-state index in [-0.39, 0.29) is 0 Å². The van der Waals surface area contributed by atoms with Crippen LogP contribution in [0.2, 0.25) is 0 Å². The average molecular weight is 411 g/mol. The van der Waals surface area contributed by atoms with Gasteiger partial charge < -0.3 is 5.32 Å². The van der Waals surface area contributed by atoms with Crippen molar-refractivity contribution in [3.05, 3.63) is 66.2 Å². The molecule has 0 bridgehead atoms. The summed E-state index contributed by atoms with van der Waals surface area (Å²) in [6.07, 6.45) is 1.99. The normalized spacial score (nSPS) is 15.8. The molecule has 154 valence electrons. The molecule has 5 rings (SSSR count). The van der Waals surface area contributed by atoms with Crippen molar-refractivity contribution >= 4 is 16.3 Å². The first-order valence-electron chi connectivity index (χ1n) is 9.84. The molecule has 0 amide bonds. The van der Waals surface area contributed by atoms with E-state index in [2.05, 4.69) is 26.4 Å². The van der Waals surface area contributed by atoms with Crippen LogP contribution in [0.15, 0.2) is 55.1 Å². The highest BCUT2D eigenvalue weighted by Gasteiger charge is 2.31. The van der Waals surface area contributed by atoms with E-state index in [1.54, 1.807) is 6.20 Å². The predicted molar refractivity (Wildman–Crippen MR) is 109 cm³/mol. The summed E-state index contributed by atoms with van der Waals surface area (Å²) >= 11 is 0. The fourth-order valence-corrected chi connectivity index (χ4v) is 4.00. The van der Waals surface area contributed by atoms with Gasteiger partial charge in [0.25, 0.3) is 0 Å². The minimum Gasteiger partial charge on any atom is -0.314 e. The van der Waals surface area contributed by atoms with Gasteiger partial charge in [-0.2, -0.15) is 18.3 Å². The zero-order valence-electron chi connectivity index (χ0n) is 16.2. The molecule has 1 N–H and O–H groups in total. The number of nitrogens with zero attached hydrogens (tertiary/aromatic N) is 4. The van der Waals surface area contributed by atoms with E-state index < -0.39 is 11.7 Å². The number of aromatic nitrogens is 3. The molecule has 30 heavy (non-hydrogen) atoms. The van der Waals surface area contributed by atoms with Crippen LogP contribution in [0.1, 0.15) is 11.1 Å². The molecule has 1 saturated heterocycles. The van der Waals surface area contributed by atoms with Crippen molar-refractivity contribution < 1.29 is 13.2 Å². The number of pyridine rings is 2. The lowest BCUT2D eigenvalue weighted by atomic mass is 10.00.